The van der Waals surface area contributed by atoms with Crippen LogP contribution < -0.4 is 22.1 Å². The largest absolute Gasteiger partial charge is 0.402 e. The third-order valence-electron chi connectivity index (χ3n) is 4.32. The summed E-state index contributed by atoms with van der Waals surface area (Å²) in [5, 5.41) is 5.95. The van der Waals surface area contributed by atoms with Crippen LogP contribution in [0.25, 0.3) is 11.3 Å². The predicted octanol–water partition coefficient (Wildman–Crippen LogP) is 3.13. The molecule has 0 spiro atoms. The van der Waals surface area contributed by atoms with Gasteiger partial charge in [-0.25, -0.2) is 4.98 Å². The summed E-state index contributed by atoms with van der Waals surface area (Å²) in [6.45, 7) is 5.46. The Hall–Kier alpha value is -3.12. The molecule has 27 heavy (non-hydrogen) atoms. The van der Waals surface area contributed by atoms with E-state index in [4.69, 9.17) is 11.5 Å². The topological polar surface area (TPSA) is 106 Å². The molecule has 0 radical (unpaired) electrons. The molecule has 1 heterocycles. The second-order valence-corrected chi connectivity index (χ2v) is 6.80. The Kier molecular flexibility index (Phi) is 5.57. The third kappa shape index (κ3) is 5.18. The summed E-state index contributed by atoms with van der Waals surface area (Å²) in [7, 11) is 0. The number of hydrogen-bond donors (Lipinski definition) is 4. The van der Waals surface area contributed by atoms with Crippen LogP contribution >= 0.6 is 0 Å². The maximum Gasteiger partial charge on any atom is 0.247 e. The van der Waals surface area contributed by atoms with Crippen LogP contribution in [0.4, 0.5) is 11.5 Å². The van der Waals surface area contributed by atoms with Crippen molar-refractivity contribution < 1.29 is 4.79 Å². The van der Waals surface area contributed by atoms with E-state index in [1.54, 1.807) is 0 Å². The van der Waals surface area contributed by atoms with Crippen molar-refractivity contribution in [2.75, 3.05) is 10.6 Å². The van der Waals surface area contributed by atoms with Crippen LogP contribution in [0.1, 0.15) is 18.4 Å². The molecule has 6 N–H and O–H groups in total. The van der Waals surface area contributed by atoms with E-state index in [0.717, 1.165) is 35.4 Å². The Morgan fingerprint density at radius 3 is 2.81 bits per heavy atom. The number of pyridine rings is 1. The van der Waals surface area contributed by atoms with Gasteiger partial charge < -0.3 is 22.1 Å². The smallest absolute Gasteiger partial charge is 0.247 e. The fraction of sp³-hybridized carbons (Fsp3) is 0.238. The number of anilines is 2. The van der Waals surface area contributed by atoms with E-state index in [0.29, 0.717) is 17.4 Å². The third-order valence-corrected chi connectivity index (χ3v) is 4.32. The fourth-order valence-electron chi connectivity index (χ4n) is 2.81. The molecule has 1 aromatic heterocycles. The molecular weight excluding hydrogens is 338 g/mol. The highest BCUT2D eigenvalue weighted by Gasteiger charge is 2.24. The summed E-state index contributed by atoms with van der Waals surface area (Å²) < 4.78 is 0. The number of aromatic nitrogens is 1. The molecule has 0 saturated heterocycles. The van der Waals surface area contributed by atoms with Gasteiger partial charge in [0.05, 0.1) is 11.9 Å². The zero-order valence-corrected chi connectivity index (χ0v) is 15.4. The molecule has 1 amide bonds. The number of nitrogens with one attached hydrogen (secondary N) is 2. The van der Waals surface area contributed by atoms with Crippen molar-refractivity contribution in [2.24, 2.45) is 17.4 Å². The lowest BCUT2D eigenvalue weighted by Crippen LogP contribution is -2.29. The van der Waals surface area contributed by atoms with Crippen LogP contribution in [0.2, 0.25) is 0 Å². The molecule has 2 aromatic rings. The van der Waals surface area contributed by atoms with Crippen molar-refractivity contribution >= 4 is 17.4 Å². The number of nitrogens with two attached hydrogens (primary N) is 2. The van der Waals surface area contributed by atoms with E-state index in [1.807, 2.05) is 49.4 Å². The average molecular weight is 363 g/mol. The van der Waals surface area contributed by atoms with Crippen molar-refractivity contribution in [3.05, 3.63) is 66.4 Å². The summed E-state index contributed by atoms with van der Waals surface area (Å²) in [6.07, 6.45) is 4.97. The van der Waals surface area contributed by atoms with Crippen LogP contribution in [0.15, 0.2) is 60.8 Å². The van der Waals surface area contributed by atoms with E-state index in [9.17, 15) is 4.79 Å². The lowest BCUT2D eigenvalue weighted by Gasteiger charge is -2.14. The molecule has 1 unspecified atom stereocenters. The molecule has 6 nitrogen and oxygen atoms in total. The van der Waals surface area contributed by atoms with Crippen molar-refractivity contribution in [1.29, 1.82) is 0 Å². The zero-order chi connectivity index (χ0) is 19.4. The summed E-state index contributed by atoms with van der Waals surface area (Å²) in [6, 6.07) is 11.4. The van der Waals surface area contributed by atoms with Gasteiger partial charge in [-0.15, -0.1) is 0 Å². The molecule has 1 aliphatic carbocycles. The molecule has 3 rings (SSSR count). The second kappa shape index (κ2) is 8.05. The average Bonchev–Trinajstić information content (AvgIpc) is 3.46. The minimum Gasteiger partial charge on any atom is -0.402 e. The predicted molar refractivity (Wildman–Crippen MR) is 110 cm³/mol. The van der Waals surface area contributed by atoms with Gasteiger partial charge in [0.25, 0.3) is 0 Å². The Bertz CT molecular complexity index is 886. The molecule has 1 saturated carbocycles. The van der Waals surface area contributed by atoms with E-state index < -0.39 is 6.17 Å². The standard InChI is InChI=1S/C21H25N5O/c1-3-21(27)24-16-6-4-5-15(11-16)18-9-13(2)10-20(25-18)26-19(23)12-17(22)14-7-8-14/h3-6,9-12,14,19H,1,7-8,22-23H2,2H3,(H,24,27)(H,25,26)/b17-12-. The minimum atomic E-state index is -0.397. The van der Waals surface area contributed by atoms with Crippen molar-refractivity contribution in [3.63, 3.8) is 0 Å². The van der Waals surface area contributed by atoms with Crippen LogP contribution in [0, 0.1) is 12.8 Å². The summed E-state index contributed by atoms with van der Waals surface area (Å²) in [5.74, 6) is 0.906. The van der Waals surface area contributed by atoms with Gasteiger partial charge in [0.2, 0.25) is 5.91 Å². The van der Waals surface area contributed by atoms with Gasteiger partial charge in [-0.2, -0.15) is 0 Å². The quantitative estimate of drug-likeness (QED) is 0.447. The first-order valence-corrected chi connectivity index (χ1v) is 8.96. The highest BCUT2D eigenvalue weighted by Crippen LogP contribution is 2.33. The van der Waals surface area contributed by atoms with E-state index in [1.165, 1.54) is 6.08 Å². The summed E-state index contributed by atoms with van der Waals surface area (Å²) in [4.78, 5) is 16.2. The van der Waals surface area contributed by atoms with Gasteiger partial charge >= 0.3 is 0 Å². The number of rotatable bonds is 7. The molecule has 140 valence electrons. The molecule has 1 aromatic carbocycles. The Balaban J connectivity index is 1.80. The van der Waals surface area contributed by atoms with Crippen LogP contribution in [-0.4, -0.2) is 17.1 Å². The number of nitrogens with zero attached hydrogens (tertiary/aromatic N) is 1. The number of carbonyl (C=O) groups excluding carboxylic acids is 1. The minimum absolute atomic E-state index is 0.252. The molecule has 6 heteroatoms. The SMILES string of the molecule is C=CC(=O)Nc1cccc(-c2cc(C)cc(NC(N)/C=C(\N)C3CC3)n2)c1. The Morgan fingerprint density at radius 2 is 2.11 bits per heavy atom. The normalized spacial score (nSPS) is 15.1. The second-order valence-electron chi connectivity index (χ2n) is 6.80. The molecule has 1 fully saturated rings. The zero-order valence-electron chi connectivity index (χ0n) is 15.4. The van der Waals surface area contributed by atoms with E-state index in [2.05, 4.69) is 22.2 Å². The van der Waals surface area contributed by atoms with Crippen molar-refractivity contribution in [2.45, 2.75) is 25.9 Å². The lowest BCUT2D eigenvalue weighted by molar-refractivity contribution is -0.111. The fourth-order valence-corrected chi connectivity index (χ4v) is 2.81. The molecular formula is C21H25N5O. The lowest BCUT2D eigenvalue weighted by atomic mass is 10.1. The van der Waals surface area contributed by atoms with E-state index >= 15 is 0 Å². The van der Waals surface area contributed by atoms with Gasteiger partial charge in [0.1, 0.15) is 5.82 Å². The first kappa shape index (κ1) is 18.7. The number of aryl methyl sites for hydroxylation is 1. The van der Waals surface area contributed by atoms with Gasteiger partial charge in [-0.05, 0) is 67.7 Å². The highest BCUT2D eigenvalue weighted by molar-refractivity contribution is 5.99. The monoisotopic (exact) mass is 363 g/mol. The first-order chi connectivity index (χ1) is 12.9. The van der Waals surface area contributed by atoms with Gasteiger partial charge in [-0.1, -0.05) is 18.7 Å². The highest BCUT2D eigenvalue weighted by atomic mass is 16.1. The molecule has 1 aliphatic rings. The van der Waals surface area contributed by atoms with Gasteiger partial charge in [0, 0.05) is 16.9 Å². The maximum atomic E-state index is 11.5. The van der Waals surface area contributed by atoms with Crippen LogP contribution in [-0.2, 0) is 4.79 Å². The number of allylic oxidation sites excluding steroid dienone is 1. The number of amides is 1. The molecule has 0 bridgehead atoms. The number of hydrogen-bond acceptors (Lipinski definition) is 5. The first-order valence-electron chi connectivity index (χ1n) is 8.96. The Morgan fingerprint density at radius 1 is 1.33 bits per heavy atom. The summed E-state index contributed by atoms with van der Waals surface area (Å²) in [5.41, 5.74) is 16.4. The summed E-state index contributed by atoms with van der Waals surface area (Å²) >= 11 is 0. The number of carbonyl (C=O) groups is 1. The van der Waals surface area contributed by atoms with Gasteiger partial charge in [0.15, 0.2) is 0 Å². The molecule has 0 aliphatic heterocycles. The van der Waals surface area contributed by atoms with Crippen molar-refractivity contribution in [1.82, 2.24) is 4.98 Å². The van der Waals surface area contributed by atoms with Gasteiger partial charge in [-0.3, -0.25) is 4.79 Å². The van der Waals surface area contributed by atoms with E-state index in [-0.39, 0.29) is 5.91 Å². The Labute approximate surface area is 159 Å². The van der Waals surface area contributed by atoms with Crippen LogP contribution in [0.5, 0.6) is 0 Å². The molecule has 1 atom stereocenters. The maximum absolute atomic E-state index is 11.5. The van der Waals surface area contributed by atoms with Crippen LogP contribution in [0.3, 0.4) is 0 Å². The number of benzene rings is 1. The van der Waals surface area contributed by atoms with Crippen molar-refractivity contribution in [3.8, 4) is 11.3 Å².